The molecule has 0 aliphatic heterocycles. The Balaban J connectivity index is 1.38. The van der Waals surface area contributed by atoms with Crippen molar-refractivity contribution in [2.45, 2.75) is 6.54 Å². The molecule has 29 heavy (non-hydrogen) atoms. The van der Waals surface area contributed by atoms with E-state index in [0.717, 1.165) is 26.9 Å². The van der Waals surface area contributed by atoms with E-state index in [1.54, 1.807) is 6.26 Å². The smallest absolute Gasteiger partial charge is 0.319 e. The van der Waals surface area contributed by atoms with Gasteiger partial charge in [0.05, 0.1) is 0 Å². The fourth-order valence-electron chi connectivity index (χ4n) is 2.84. The predicted molar refractivity (Wildman–Crippen MR) is 117 cm³/mol. The van der Waals surface area contributed by atoms with Crippen molar-refractivity contribution in [1.82, 2.24) is 10.3 Å². The molecule has 144 valence electrons. The van der Waals surface area contributed by atoms with Gasteiger partial charge in [-0.1, -0.05) is 58.4 Å². The molecule has 1 heterocycles. The lowest BCUT2D eigenvalue weighted by Crippen LogP contribution is -2.28. The maximum absolute atomic E-state index is 12.1. The van der Waals surface area contributed by atoms with Crippen LogP contribution in [0.1, 0.15) is 5.56 Å². The number of nitrogens with zero attached hydrogens (tertiary/aromatic N) is 1. The summed E-state index contributed by atoms with van der Waals surface area (Å²) in [6.07, 6.45) is 1.64. The molecule has 4 aromatic rings. The molecule has 0 spiro atoms. The van der Waals surface area contributed by atoms with Crippen molar-refractivity contribution >= 4 is 27.6 Å². The summed E-state index contributed by atoms with van der Waals surface area (Å²) in [6, 6.07) is 24.8. The zero-order valence-corrected chi connectivity index (χ0v) is 17.0. The van der Waals surface area contributed by atoms with Crippen LogP contribution < -0.4 is 10.6 Å². The van der Waals surface area contributed by atoms with E-state index in [1.807, 2.05) is 78.9 Å². The number of aromatic nitrogens is 1. The number of anilines is 1. The molecule has 3 aromatic carbocycles. The fourth-order valence-corrected chi connectivity index (χ4v) is 3.24. The van der Waals surface area contributed by atoms with Crippen LogP contribution in [0, 0.1) is 0 Å². The van der Waals surface area contributed by atoms with Gasteiger partial charge in [0.15, 0.2) is 0 Å². The molecule has 0 radical (unpaired) electrons. The minimum absolute atomic E-state index is 0.255. The highest BCUT2D eigenvalue weighted by Crippen LogP contribution is 2.27. The van der Waals surface area contributed by atoms with E-state index in [0.29, 0.717) is 18.1 Å². The summed E-state index contributed by atoms with van der Waals surface area (Å²) in [5.41, 5.74) is 4.31. The van der Waals surface area contributed by atoms with Crippen molar-refractivity contribution in [1.29, 1.82) is 0 Å². The molecule has 0 fully saturated rings. The second-order valence-electron chi connectivity index (χ2n) is 6.42. The molecule has 0 bridgehead atoms. The number of oxazole rings is 1. The predicted octanol–water partition coefficient (Wildman–Crippen LogP) is 6.09. The van der Waals surface area contributed by atoms with Crippen molar-refractivity contribution in [3.05, 3.63) is 95.2 Å². The molecule has 0 aliphatic rings. The van der Waals surface area contributed by atoms with Crippen LogP contribution in [-0.4, -0.2) is 11.0 Å². The average Bonchev–Trinajstić information content (AvgIpc) is 3.24. The number of rotatable bonds is 5. The summed E-state index contributed by atoms with van der Waals surface area (Å²) in [5.74, 6) is 0.528. The number of halogens is 1. The van der Waals surface area contributed by atoms with Gasteiger partial charge in [-0.05, 0) is 42.0 Å². The molecular weight excluding hydrogens is 430 g/mol. The SMILES string of the molecule is O=C(NCc1ccccc1)Nc1ccc(-c2nc(-c3cccc(Br)c3)co2)cc1. The van der Waals surface area contributed by atoms with Gasteiger partial charge in [0.25, 0.3) is 0 Å². The molecule has 0 aliphatic carbocycles. The van der Waals surface area contributed by atoms with Crippen molar-refractivity contribution in [2.24, 2.45) is 0 Å². The Morgan fingerprint density at radius 2 is 1.72 bits per heavy atom. The lowest BCUT2D eigenvalue weighted by Gasteiger charge is -2.08. The third-order valence-corrected chi connectivity index (χ3v) is 4.80. The molecule has 2 N–H and O–H groups in total. The van der Waals surface area contributed by atoms with E-state index >= 15 is 0 Å². The van der Waals surface area contributed by atoms with Crippen molar-refractivity contribution in [3.8, 4) is 22.7 Å². The Morgan fingerprint density at radius 1 is 0.931 bits per heavy atom. The molecule has 1 aromatic heterocycles. The number of amides is 2. The normalized spacial score (nSPS) is 10.5. The van der Waals surface area contributed by atoms with Gasteiger partial charge < -0.3 is 15.1 Å². The summed E-state index contributed by atoms with van der Waals surface area (Å²) in [5, 5.41) is 5.66. The first-order valence-electron chi connectivity index (χ1n) is 9.08. The number of nitrogens with one attached hydrogen (secondary N) is 2. The summed E-state index contributed by atoms with van der Waals surface area (Å²) < 4.78 is 6.61. The van der Waals surface area contributed by atoms with Gasteiger partial charge in [0, 0.05) is 27.8 Å². The molecule has 2 amide bonds. The Bertz CT molecular complexity index is 1110. The second-order valence-corrected chi connectivity index (χ2v) is 7.33. The van der Waals surface area contributed by atoms with Crippen LogP contribution in [0.3, 0.4) is 0 Å². The van der Waals surface area contributed by atoms with Crippen LogP contribution in [0.25, 0.3) is 22.7 Å². The maximum atomic E-state index is 12.1. The zero-order valence-electron chi connectivity index (χ0n) is 15.4. The van der Waals surface area contributed by atoms with Gasteiger partial charge >= 0.3 is 6.03 Å². The first-order chi connectivity index (χ1) is 14.2. The summed E-state index contributed by atoms with van der Waals surface area (Å²) in [7, 11) is 0. The van der Waals surface area contributed by atoms with Crippen LogP contribution >= 0.6 is 15.9 Å². The highest BCUT2D eigenvalue weighted by Gasteiger charge is 2.09. The van der Waals surface area contributed by atoms with Gasteiger partial charge in [-0.3, -0.25) is 0 Å². The molecule has 6 heteroatoms. The fraction of sp³-hybridized carbons (Fsp3) is 0.0435. The van der Waals surface area contributed by atoms with E-state index < -0.39 is 0 Å². The molecule has 4 rings (SSSR count). The molecule has 0 atom stereocenters. The number of hydrogen-bond donors (Lipinski definition) is 2. The Labute approximate surface area is 176 Å². The average molecular weight is 448 g/mol. The van der Waals surface area contributed by atoms with Crippen LogP contribution in [0.4, 0.5) is 10.5 Å². The van der Waals surface area contributed by atoms with Crippen molar-refractivity contribution in [2.75, 3.05) is 5.32 Å². The zero-order chi connectivity index (χ0) is 20.1. The van der Waals surface area contributed by atoms with Gasteiger partial charge in [-0.2, -0.15) is 0 Å². The quantitative estimate of drug-likeness (QED) is 0.388. The summed E-state index contributed by atoms with van der Waals surface area (Å²) >= 11 is 3.46. The van der Waals surface area contributed by atoms with Crippen LogP contribution in [0.5, 0.6) is 0 Å². The van der Waals surface area contributed by atoms with Crippen molar-refractivity contribution < 1.29 is 9.21 Å². The lowest BCUT2D eigenvalue weighted by atomic mass is 10.2. The van der Waals surface area contributed by atoms with E-state index in [4.69, 9.17) is 4.42 Å². The first kappa shape index (κ1) is 19.0. The molecule has 0 saturated carbocycles. The van der Waals surface area contributed by atoms with Crippen LogP contribution in [0.15, 0.2) is 94.0 Å². The number of carbonyl (C=O) groups is 1. The molecular formula is C23H18BrN3O2. The molecule has 0 saturated heterocycles. The number of hydrogen-bond acceptors (Lipinski definition) is 3. The van der Waals surface area contributed by atoms with E-state index in [1.165, 1.54) is 0 Å². The third kappa shape index (κ3) is 4.92. The Kier molecular flexibility index (Phi) is 5.72. The largest absolute Gasteiger partial charge is 0.444 e. The number of urea groups is 1. The Hall–Kier alpha value is -3.38. The monoisotopic (exact) mass is 447 g/mol. The lowest BCUT2D eigenvalue weighted by molar-refractivity contribution is 0.251. The number of benzene rings is 3. The van der Waals surface area contributed by atoms with Gasteiger partial charge in [-0.25, -0.2) is 9.78 Å². The summed E-state index contributed by atoms with van der Waals surface area (Å²) in [6.45, 7) is 0.472. The van der Waals surface area contributed by atoms with Gasteiger partial charge in [0.2, 0.25) is 5.89 Å². The third-order valence-electron chi connectivity index (χ3n) is 4.31. The van der Waals surface area contributed by atoms with E-state index in [2.05, 4.69) is 31.5 Å². The minimum atomic E-state index is -0.255. The standard InChI is InChI=1S/C23H18BrN3O2/c24-19-8-4-7-18(13-19)21-15-29-22(27-21)17-9-11-20(12-10-17)26-23(28)25-14-16-5-2-1-3-6-16/h1-13,15H,14H2,(H2,25,26,28). The second kappa shape index (κ2) is 8.75. The molecule has 5 nitrogen and oxygen atoms in total. The summed E-state index contributed by atoms with van der Waals surface area (Å²) in [4.78, 5) is 16.6. The van der Waals surface area contributed by atoms with Crippen molar-refractivity contribution in [3.63, 3.8) is 0 Å². The van der Waals surface area contributed by atoms with Gasteiger partial charge in [-0.15, -0.1) is 0 Å². The Morgan fingerprint density at radius 3 is 2.48 bits per heavy atom. The molecule has 0 unspecified atom stereocenters. The minimum Gasteiger partial charge on any atom is -0.444 e. The maximum Gasteiger partial charge on any atom is 0.319 e. The first-order valence-corrected chi connectivity index (χ1v) is 9.87. The van der Waals surface area contributed by atoms with Crippen LogP contribution in [0.2, 0.25) is 0 Å². The van der Waals surface area contributed by atoms with E-state index in [9.17, 15) is 4.79 Å². The highest BCUT2D eigenvalue weighted by molar-refractivity contribution is 9.10. The van der Waals surface area contributed by atoms with Crippen LogP contribution in [-0.2, 0) is 6.54 Å². The number of carbonyl (C=O) groups excluding carboxylic acids is 1. The van der Waals surface area contributed by atoms with E-state index in [-0.39, 0.29) is 6.03 Å². The van der Waals surface area contributed by atoms with Gasteiger partial charge in [0.1, 0.15) is 12.0 Å². The topological polar surface area (TPSA) is 67.2 Å². The highest BCUT2D eigenvalue weighted by atomic mass is 79.9.